The van der Waals surface area contributed by atoms with Crippen LogP contribution < -0.4 is 20.3 Å². The third-order valence-corrected chi connectivity index (χ3v) is 8.93. The van der Waals surface area contributed by atoms with Gasteiger partial charge in [-0.25, -0.2) is 15.0 Å². The van der Waals surface area contributed by atoms with E-state index in [0.29, 0.717) is 42.9 Å². The van der Waals surface area contributed by atoms with Gasteiger partial charge in [0.1, 0.15) is 6.10 Å². The molecular weight excluding hydrogens is 615 g/mol. The monoisotopic (exact) mass is 654 g/mol. The number of likely N-dealkylation sites (tertiary alicyclic amines) is 1. The number of amides is 1. The van der Waals surface area contributed by atoms with Crippen LogP contribution in [0.3, 0.4) is 0 Å². The number of anilines is 4. The number of ether oxygens (including phenoxy) is 1. The molecule has 14 nitrogen and oxygen atoms in total. The highest BCUT2D eigenvalue weighted by molar-refractivity contribution is 6.06. The van der Waals surface area contributed by atoms with Gasteiger partial charge in [0.2, 0.25) is 23.6 Å². The lowest BCUT2D eigenvalue weighted by molar-refractivity contribution is -0.117. The van der Waals surface area contributed by atoms with E-state index < -0.39 is 5.82 Å². The van der Waals surface area contributed by atoms with Crippen LogP contribution in [0.2, 0.25) is 0 Å². The Bertz CT molecular complexity index is 1930. The third-order valence-electron chi connectivity index (χ3n) is 8.93. The number of piperazine rings is 1. The average molecular weight is 655 g/mol. The van der Waals surface area contributed by atoms with E-state index in [9.17, 15) is 9.18 Å². The zero-order chi connectivity index (χ0) is 33.4. The molecule has 2 aliphatic heterocycles. The number of nitrogens with zero attached hydrogens (tertiary/aromatic N) is 9. The number of halogens is 1. The number of fused-ring (bicyclic) bond motifs is 1. The van der Waals surface area contributed by atoms with Crippen LogP contribution in [0.5, 0.6) is 5.88 Å². The van der Waals surface area contributed by atoms with Crippen LogP contribution in [-0.4, -0.2) is 109 Å². The maximum Gasteiger partial charge on any atom is 0.255 e. The highest BCUT2D eigenvalue weighted by Gasteiger charge is 2.28. The molecule has 2 aliphatic rings. The Kier molecular flexibility index (Phi) is 8.62. The number of likely N-dealkylation sites (N-methyl/N-ethyl adjacent to an activating group) is 1. The minimum Gasteiger partial charge on any atom is -0.471 e. The summed E-state index contributed by atoms with van der Waals surface area (Å²) in [5, 5.41) is 11.6. The summed E-state index contributed by atoms with van der Waals surface area (Å²) in [6, 6.07) is 7.71. The van der Waals surface area contributed by atoms with Gasteiger partial charge < -0.3 is 30.2 Å². The Morgan fingerprint density at radius 2 is 1.92 bits per heavy atom. The fraction of sp³-hybridized carbons (Fsp3) is 0.394. The van der Waals surface area contributed by atoms with E-state index in [0.717, 1.165) is 59.6 Å². The Labute approximate surface area is 277 Å². The van der Waals surface area contributed by atoms with Gasteiger partial charge in [0.15, 0.2) is 5.82 Å². The van der Waals surface area contributed by atoms with Crippen molar-refractivity contribution in [3.8, 4) is 17.1 Å². The van der Waals surface area contributed by atoms with Crippen molar-refractivity contribution >= 4 is 40.2 Å². The first-order chi connectivity index (χ1) is 23.2. The van der Waals surface area contributed by atoms with E-state index in [-0.39, 0.29) is 24.4 Å². The molecule has 0 radical (unpaired) electrons. The maximum absolute atomic E-state index is 14.6. The summed E-state index contributed by atoms with van der Waals surface area (Å²) in [6.45, 7) is 8.59. The summed E-state index contributed by atoms with van der Waals surface area (Å²) in [4.78, 5) is 40.7. The smallest absolute Gasteiger partial charge is 0.255 e. The summed E-state index contributed by atoms with van der Waals surface area (Å²) >= 11 is 0. The Morgan fingerprint density at radius 1 is 1.08 bits per heavy atom. The molecule has 7 rings (SSSR count). The lowest BCUT2D eigenvalue weighted by atomic mass is 10.1. The summed E-state index contributed by atoms with van der Waals surface area (Å²) in [5.41, 5.74) is 5.07. The van der Waals surface area contributed by atoms with Gasteiger partial charge in [-0.15, -0.1) is 0 Å². The van der Waals surface area contributed by atoms with Crippen molar-refractivity contribution in [2.45, 2.75) is 26.4 Å². The number of aryl methyl sites for hydroxylation is 3. The van der Waals surface area contributed by atoms with E-state index in [1.54, 1.807) is 10.9 Å². The van der Waals surface area contributed by atoms with E-state index in [1.165, 1.54) is 6.20 Å². The summed E-state index contributed by atoms with van der Waals surface area (Å²) in [5.74, 6) is 0.801. The van der Waals surface area contributed by atoms with Crippen LogP contribution in [0, 0.1) is 19.7 Å². The minimum absolute atomic E-state index is 0.0434. The standard InChI is InChI=1S/C33H39FN12O2/c1-20-15-36-32(39-27-14-21(2)44(4)42-27)40-29(20)24-16-35-30-23(24)6-5-7-26(30)38-28(47)19-45-9-8-22(18-45)48-31-25(34)17-37-33(41-31)46-12-10-43(3)11-13-46/h5-7,14-17,22,35H,8-13,18-19H2,1-4H3,(H,38,47)(H,36,39,40,42)/t22-/m0/s1. The zero-order valence-electron chi connectivity index (χ0n) is 27.5. The number of H-pyrrole nitrogens is 1. The average Bonchev–Trinajstić information content (AvgIpc) is 3.78. The normalized spacial score (nSPS) is 17.3. The third kappa shape index (κ3) is 6.64. The fourth-order valence-electron chi connectivity index (χ4n) is 6.14. The number of hydrogen-bond donors (Lipinski definition) is 3. The van der Waals surface area contributed by atoms with Crippen molar-refractivity contribution in [1.82, 2.24) is 44.5 Å². The Hall–Kier alpha value is -5.15. The van der Waals surface area contributed by atoms with Crippen molar-refractivity contribution in [3.05, 3.63) is 59.9 Å². The molecule has 2 saturated heterocycles. The topological polar surface area (TPSA) is 145 Å². The van der Waals surface area contributed by atoms with Crippen molar-refractivity contribution in [2.24, 2.45) is 7.05 Å². The van der Waals surface area contributed by atoms with Crippen LogP contribution in [0.25, 0.3) is 22.2 Å². The number of carbonyl (C=O) groups excluding carboxylic acids is 1. The molecule has 1 aromatic carbocycles. The van der Waals surface area contributed by atoms with Gasteiger partial charge in [-0.1, -0.05) is 12.1 Å². The quantitative estimate of drug-likeness (QED) is 0.215. The molecule has 15 heteroatoms. The molecular formula is C33H39FN12O2. The van der Waals surface area contributed by atoms with Crippen molar-refractivity contribution < 1.29 is 13.9 Å². The molecule has 1 amide bonds. The summed E-state index contributed by atoms with van der Waals surface area (Å²) in [6.07, 6.45) is 5.23. The zero-order valence-corrected chi connectivity index (χ0v) is 27.5. The predicted molar refractivity (Wildman–Crippen MR) is 181 cm³/mol. The lowest BCUT2D eigenvalue weighted by Crippen LogP contribution is -2.45. The number of benzene rings is 1. The molecule has 0 spiro atoms. The molecule has 4 aromatic heterocycles. The second-order valence-electron chi connectivity index (χ2n) is 12.5. The van der Waals surface area contributed by atoms with Gasteiger partial charge in [0.05, 0.1) is 29.6 Å². The SMILES string of the molecule is Cc1cnc(Nc2cc(C)n(C)n2)nc1-c1c[nH]c2c(NC(=O)CN3CC[C@H](Oc4nc(N5CCN(C)CC5)ncc4F)C3)cccc12. The Morgan fingerprint density at radius 3 is 2.71 bits per heavy atom. The van der Waals surface area contributed by atoms with Gasteiger partial charge in [-0.05, 0) is 38.9 Å². The van der Waals surface area contributed by atoms with Crippen molar-refractivity contribution in [1.29, 1.82) is 0 Å². The summed E-state index contributed by atoms with van der Waals surface area (Å²) in [7, 11) is 3.95. The molecule has 0 bridgehead atoms. The number of nitrogens with one attached hydrogen (secondary N) is 3. The van der Waals surface area contributed by atoms with E-state index in [4.69, 9.17) is 9.72 Å². The van der Waals surface area contributed by atoms with Gasteiger partial charge in [0.25, 0.3) is 5.88 Å². The van der Waals surface area contributed by atoms with Gasteiger partial charge in [-0.3, -0.25) is 14.4 Å². The number of rotatable bonds is 9. The lowest BCUT2D eigenvalue weighted by Gasteiger charge is -2.32. The molecule has 1 atom stereocenters. The molecule has 6 heterocycles. The number of para-hydroxylation sites is 1. The second kappa shape index (κ2) is 13.2. The molecule has 3 N–H and O–H groups in total. The van der Waals surface area contributed by atoms with E-state index in [1.807, 2.05) is 61.2 Å². The van der Waals surface area contributed by atoms with Gasteiger partial charge in [0, 0.05) is 81.4 Å². The second-order valence-corrected chi connectivity index (χ2v) is 12.5. The fourth-order valence-corrected chi connectivity index (χ4v) is 6.14. The molecule has 250 valence electrons. The first-order valence-electron chi connectivity index (χ1n) is 16.1. The van der Waals surface area contributed by atoms with Crippen LogP contribution in [0.1, 0.15) is 17.7 Å². The molecule has 0 unspecified atom stereocenters. The van der Waals surface area contributed by atoms with Gasteiger partial charge in [-0.2, -0.15) is 14.5 Å². The molecule has 0 aliphatic carbocycles. The van der Waals surface area contributed by atoms with E-state index >= 15 is 0 Å². The van der Waals surface area contributed by atoms with E-state index in [2.05, 4.69) is 47.6 Å². The highest BCUT2D eigenvalue weighted by atomic mass is 19.1. The summed E-state index contributed by atoms with van der Waals surface area (Å²) < 4.78 is 22.4. The van der Waals surface area contributed by atoms with Gasteiger partial charge >= 0.3 is 0 Å². The number of aromatic nitrogens is 7. The van der Waals surface area contributed by atoms with Crippen LogP contribution in [0.15, 0.2) is 42.9 Å². The number of carbonyl (C=O) groups is 1. The number of hydrogen-bond acceptors (Lipinski definition) is 11. The maximum atomic E-state index is 14.6. The number of aromatic amines is 1. The van der Waals surface area contributed by atoms with Crippen molar-refractivity contribution in [3.63, 3.8) is 0 Å². The minimum atomic E-state index is -0.588. The van der Waals surface area contributed by atoms with Crippen LogP contribution >= 0.6 is 0 Å². The first kappa shape index (κ1) is 31.4. The predicted octanol–water partition coefficient (Wildman–Crippen LogP) is 3.49. The molecule has 48 heavy (non-hydrogen) atoms. The Balaban J connectivity index is 0.991. The molecule has 0 saturated carbocycles. The first-order valence-corrected chi connectivity index (χ1v) is 16.1. The largest absolute Gasteiger partial charge is 0.471 e. The van der Waals surface area contributed by atoms with Crippen LogP contribution in [0.4, 0.5) is 27.8 Å². The highest BCUT2D eigenvalue weighted by Crippen LogP contribution is 2.33. The van der Waals surface area contributed by atoms with Crippen molar-refractivity contribution in [2.75, 3.05) is 68.4 Å². The molecule has 2 fully saturated rings. The molecule has 5 aromatic rings. The van der Waals surface area contributed by atoms with Crippen LogP contribution in [-0.2, 0) is 11.8 Å².